The number of piperidine rings is 1. The summed E-state index contributed by atoms with van der Waals surface area (Å²) in [5, 5.41) is 3.50. The first-order valence-electron chi connectivity index (χ1n) is 7.72. The summed E-state index contributed by atoms with van der Waals surface area (Å²) in [6, 6.07) is 6.68. The van der Waals surface area contributed by atoms with Gasteiger partial charge in [-0.25, -0.2) is 4.98 Å². The van der Waals surface area contributed by atoms with Crippen LogP contribution in [0.3, 0.4) is 0 Å². The number of H-pyrrole nitrogens is 1. The lowest BCUT2D eigenvalue weighted by molar-refractivity contribution is 0.376. The molecule has 3 nitrogen and oxygen atoms in total. The van der Waals surface area contributed by atoms with E-state index in [1.807, 2.05) is 0 Å². The van der Waals surface area contributed by atoms with Gasteiger partial charge in [0.25, 0.3) is 0 Å². The maximum Gasteiger partial charge on any atom is 0.112 e. The van der Waals surface area contributed by atoms with Crippen LogP contribution >= 0.6 is 0 Å². The first-order valence-corrected chi connectivity index (χ1v) is 7.72. The van der Waals surface area contributed by atoms with Crippen LogP contribution in [0.4, 0.5) is 0 Å². The molecule has 0 spiro atoms. The molecule has 1 aromatic carbocycles. The second kappa shape index (κ2) is 5.21. The van der Waals surface area contributed by atoms with Crippen LogP contribution in [0.5, 0.6) is 0 Å². The van der Waals surface area contributed by atoms with Gasteiger partial charge in [-0.1, -0.05) is 26.8 Å². The molecule has 0 aliphatic carbocycles. The van der Waals surface area contributed by atoms with Gasteiger partial charge in [-0.15, -0.1) is 0 Å². The van der Waals surface area contributed by atoms with Crippen molar-refractivity contribution >= 4 is 11.0 Å². The molecule has 2 N–H and O–H groups in total. The molecule has 0 saturated carbocycles. The van der Waals surface area contributed by atoms with Gasteiger partial charge in [0.15, 0.2) is 0 Å². The third kappa shape index (κ3) is 2.88. The summed E-state index contributed by atoms with van der Waals surface area (Å²) < 4.78 is 0. The van der Waals surface area contributed by atoms with E-state index in [0.717, 1.165) is 23.8 Å². The van der Waals surface area contributed by atoms with E-state index >= 15 is 0 Å². The molecule has 3 rings (SSSR count). The summed E-state index contributed by atoms with van der Waals surface area (Å²) in [4.78, 5) is 8.19. The predicted molar refractivity (Wildman–Crippen MR) is 84.1 cm³/mol. The molecule has 2 aromatic rings. The minimum absolute atomic E-state index is 0.0759. The molecule has 3 heteroatoms. The summed E-state index contributed by atoms with van der Waals surface area (Å²) in [5.74, 6) is 1.86. The van der Waals surface area contributed by atoms with E-state index in [-0.39, 0.29) is 5.41 Å². The summed E-state index contributed by atoms with van der Waals surface area (Å²) in [6.07, 6.45) is 3.83. The topological polar surface area (TPSA) is 40.7 Å². The molecule has 2 heterocycles. The molecular formula is C17H25N3. The average Bonchev–Trinajstić information content (AvgIpc) is 2.83. The van der Waals surface area contributed by atoms with Crippen LogP contribution in [0, 0.1) is 5.92 Å². The quantitative estimate of drug-likeness (QED) is 0.879. The number of aromatic amines is 1. The number of hydrogen-bond donors (Lipinski definition) is 2. The van der Waals surface area contributed by atoms with Gasteiger partial charge < -0.3 is 10.3 Å². The molecule has 1 fully saturated rings. The molecule has 20 heavy (non-hydrogen) atoms. The third-order valence-electron chi connectivity index (χ3n) is 4.18. The van der Waals surface area contributed by atoms with Crippen molar-refractivity contribution in [2.45, 2.75) is 45.4 Å². The van der Waals surface area contributed by atoms with Crippen LogP contribution in [0.25, 0.3) is 11.0 Å². The average molecular weight is 271 g/mol. The molecule has 0 radical (unpaired) electrons. The second-order valence-electron chi connectivity index (χ2n) is 7.10. The van der Waals surface area contributed by atoms with Gasteiger partial charge in [-0.05, 0) is 56.0 Å². The van der Waals surface area contributed by atoms with E-state index in [1.54, 1.807) is 0 Å². The first kappa shape index (κ1) is 13.6. The Morgan fingerprint density at radius 1 is 1.30 bits per heavy atom. The van der Waals surface area contributed by atoms with Crippen molar-refractivity contribution in [2.75, 3.05) is 13.1 Å². The molecule has 108 valence electrons. The zero-order valence-electron chi connectivity index (χ0n) is 12.8. The van der Waals surface area contributed by atoms with Crippen molar-refractivity contribution in [3.05, 3.63) is 29.6 Å². The van der Waals surface area contributed by atoms with Crippen molar-refractivity contribution in [3.8, 4) is 0 Å². The zero-order valence-corrected chi connectivity index (χ0v) is 12.8. The van der Waals surface area contributed by atoms with E-state index in [1.165, 1.54) is 36.9 Å². The number of hydrogen-bond acceptors (Lipinski definition) is 2. The minimum Gasteiger partial charge on any atom is -0.342 e. The van der Waals surface area contributed by atoms with Crippen LogP contribution in [0.2, 0.25) is 0 Å². The van der Waals surface area contributed by atoms with Gasteiger partial charge in [-0.3, -0.25) is 0 Å². The Hall–Kier alpha value is -1.35. The monoisotopic (exact) mass is 271 g/mol. The largest absolute Gasteiger partial charge is 0.342 e. The van der Waals surface area contributed by atoms with Crippen LogP contribution in [-0.4, -0.2) is 23.1 Å². The predicted octanol–water partition coefficient (Wildman–Crippen LogP) is 3.40. The van der Waals surface area contributed by atoms with Gasteiger partial charge in [0.05, 0.1) is 11.0 Å². The molecule has 0 amide bonds. The maximum absolute atomic E-state index is 4.70. The Morgan fingerprint density at radius 3 is 2.85 bits per heavy atom. The summed E-state index contributed by atoms with van der Waals surface area (Å²) in [6.45, 7) is 8.93. The number of nitrogens with one attached hydrogen (secondary N) is 2. The molecule has 1 aromatic heterocycles. The SMILES string of the molecule is CC(C)(C)c1nc2ccc(CC3CCCNC3)cc2[nH]1. The lowest BCUT2D eigenvalue weighted by Gasteiger charge is -2.22. The normalized spacial score (nSPS) is 20.4. The van der Waals surface area contributed by atoms with Gasteiger partial charge in [0.1, 0.15) is 5.82 Å². The first-order chi connectivity index (χ1) is 9.52. The Kier molecular flexibility index (Phi) is 3.55. The van der Waals surface area contributed by atoms with Crippen molar-refractivity contribution in [3.63, 3.8) is 0 Å². The molecule has 1 unspecified atom stereocenters. The Balaban J connectivity index is 1.82. The van der Waals surface area contributed by atoms with Crippen LogP contribution in [-0.2, 0) is 11.8 Å². The van der Waals surface area contributed by atoms with Crippen molar-refractivity contribution < 1.29 is 0 Å². The fourth-order valence-electron chi connectivity index (χ4n) is 2.97. The van der Waals surface area contributed by atoms with E-state index in [4.69, 9.17) is 4.98 Å². The number of imidazole rings is 1. The number of benzene rings is 1. The van der Waals surface area contributed by atoms with Crippen LogP contribution < -0.4 is 5.32 Å². The second-order valence-corrected chi connectivity index (χ2v) is 7.10. The van der Waals surface area contributed by atoms with Gasteiger partial charge in [-0.2, -0.15) is 0 Å². The Morgan fingerprint density at radius 2 is 2.15 bits per heavy atom. The van der Waals surface area contributed by atoms with E-state index in [2.05, 4.69) is 49.3 Å². The van der Waals surface area contributed by atoms with Crippen LogP contribution in [0.1, 0.15) is 45.0 Å². The van der Waals surface area contributed by atoms with E-state index < -0.39 is 0 Å². The molecular weight excluding hydrogens is 246 g/mol. The summed E-state index contributed by atoms with van der Waals surface area (Å²) in [7, 11) is 0. The van der Waals surface area contributed by atoms with Crippen molar-refractivity contribution in [1.29, 1.82) is 0 Å². The number of fused-ring (bicyclic) bond motifs is 1. The minimum atomic E-state index is 0.0759. The summed E-state index contributed by atoms with van der Waals surface area (Å²) >= 11 is 0. The molecule has 1 saturated heterocycles. The highest BCUT2D eigenvalue weighted by Gasteiger charge is 2.19. The molecule has 0 bridgehead atoms. The zero-order chi connectivity index (χ0) is 14.2. The van der Waals surface area contributed by atoms with E-state index in [9.17, 15) is 0 Å². The smallest absolute Gasteiger partial charge is 0.112 e. The lowest BCUT2D eigenvalue weighted by Crippen LogP contribution is -2.30. The van der Waals surface area contributed by atoms with Crippen LogP contribution in [0.15, 0.2) is 18.2 Å². The molecule has 1 aliphatic rings. The fraction of sp³-hybridized carbons (Fsp3) is 0.588. The summed E-state index contributed by atoms with van der Waals surface area (Å²) in [5.41, 5.74) is 3.76. The lowest BCUT2D eigenvalue weighted by atomic mass is 9.92. The highest BCUT2D eigenvalue weighted by molar-refractivity contribution is 5.76. The maximum atomic E-state index is 4.70. The molecule has 1 aliphatic heterocycles. The standard InChI is InChI=1S/C17H25N3/c1-17(2,3)16-19-14-7-6-12(10-15(14)20-16)9-13-5-4-8-18-11-13/h6-7,10,13,18H,4-5,8-9,11H2,1-3H3,(H,19,20). The highest BCUT2D eigenvalue weighted by Crippen LogP contribution is 2.24. The van der Waals surface area contributed by atoms with E-state index in [0.29, 0.717) is 0 Å². The third-order valence-corrected chi connectivity index (χ3v) is 4.18. The van der Waals surface area contributed by atoms with Gasteiger partial charge in [0, 0.05) is 5.41 Å². The van der Waals surface area contributed by atoms with Gasteiger partial charge >= 0.3 is 0 Å². The highest BCUT2D eigenvalue weighted by atomic mass is 14.9. The Bertz CT molecular complexity index is 586. The Labute approximate surface area is 121 Å². The number of nitrogens with zero attached hydrogens (tertiary/aromatic N) is 1. The van der Waals surface area contributed by atoms with Crippen molar-refractivity contribution in [1.82, 2.24) is 15.3 Å². The fourth-order valence-corrected chi connectivity index (χ4v) is 2.97. The molecule has 1 atom stereocenters. The number of aromatic nitrogens is 2. The van der Waals surface area contributed by atoms with Crippen molar-refractivity contribution in [2.24, 2.45) is 5.92 Å². The van der Waals surface area contributed by atoms with Gasteiger partial charge in [0.2, 0.25) is 0 Å². The number of rotatable bonds is 2.